The molecule has 0 spiro atoms. The Kier molecular flexibility index (Phi) is 5.97. The molecular weight excluding hydrogens is 388 g/mol. The van der Waals surface area contributed by atoms with Gasteiger partial charge in [-0.2, -0.15) is 5.26 Å². The van der Waals surface area contributed by atoms with Crippen LogP contribution in [0.25, 0.3) is 4.85 Å². The van der Waals surface area contributed by atoms with E-state index in [1.165, 1.54) is 0 Å². The molecule has 2 N–H and O–H groups in total. The van der Waals surface area contributed by atoms with Crippen molar-refractivity contribution in [2.75, 3.05) is 0 Å². The molecule has 120 valence electrons. The van der Waals surface area contributed by atoms with Crippen molar-refractivity contribution in [3.05, 3.63) is 63.0 Å². The second-order valence-electron chi connectivity index (χ2n) is 4.80. The molecule has 7 heteroatoms. The van der Waals surface area contributed by atoms with Crippen molar-refractivity contribution in [1.82, 2.24) is 4.98 Å². The number of carbonyl (C=O) groups is 1. The summed E-state index contributed by atoms with van der Waals surface area (Å²) in [6.07, 6.45) is 0.516. The van der Waals surface area contributed by atoms with Crippen LogP contribution in [0.2, 0.25) is 0 Å². The molecule has 0 bridgehead atoms. The molecule has 0 fully saturated rings. The number of rotatable bonds is 5. The van der Waals surface area contributed by atoms with Crippen LogP contribution >= 0.6 is 27.7 Å². The van der Waals surface area contributed by atoms with Crippen LogP contribution in [-0.2, 0) is 11.2 Å². The number of thioether (sulfide) groups is 1. The molecule has 1 heterocycles. The number of nitriles is 1. The van der Waals surface area contributed by atoms with Gasteiger partial charge in [-0.3, -0.25) is 4.79 Å². The minimum absolute atomic E-state index is 0.318. The molecule has 1 aromatic carbocycles. The number of nitrogens with two attached hydrogens (primary N) is 1. The minimum atomic E-state index is -0.666. The quantitative estimate of drug-likeness (QED) is 0.464. The highest BCUT2D eigenvalue weighted by Gasteiger charge is 2.25. The average molecular weight is 401 g/mol. The Hall–Kier alpha value is -2.35. The van der Waals surface area contributed by atoms with Crippen LogP contribution in [0.3, 0.4) is 0 Å². The average Bonchev–Trinajstić information content (AvgIpc) is 2.59. The molecule has 0 saturated heterocycles. The number of benzene rings is 1. The van der Waals surface area contributed by atoms with E-state index in [0.29, 0.717) is 32.9 Å². The molecule has 0 radical (unpaired) electrons. The van der Waals surface area contributed by atoms with E-state index in [-0.39, 0.29) is 0 Å². The Labute approximate surface area is 152 Å². The number of carbonyl (C=O) groups excluding carboxylic acids is 1. The van der Waals surface area contributed by atoms with Gasteiger partial charge in [0.1, 0.15) is 20.9 Å². The smallest absolute Gasteiger partial charge is 0.235 e. The molecule has 1 aromatic heterocycles. The van der Waals surface area contributed by atoms with Crippen LogP contribution in [-0.4, -0.2) is 10.9 Å². The Balaban J connectivity index is 2.56. The van der Waals surface area contributed by atoms with Crippen molar-refractivity contribution in [3.63, 3.8) is 0 Å². The summed E-state index contributed by atoms with van der Waals surface area (Å²) in [4.78, 5) is 19.7. The van der Waals surface area contributed by atoms with E-state index in [4.69, 9.17) is 12.3 Å². The van der Waals surface area contributed by atoms with Gasteiger partial charge in [-0.15, -0.1) is 0 Å². The van der Waals surface area contributed by atoms with Gasteiger partial charge in [-0.1, -0.05) is 49.0 Å². The van der Waals surface area contributed by atoms with Gasteiger partial charge in [-0.25, -0.2) is 9.83 Å². The molecule has 1 unspecified atom stereocenters. The first-order chi connectivity index (χ1) is 11.5. The Morgan fingerprint density at radius 1 is 1.50 bits per heavy atom. The molecule has 5 nitrogen and oxygen atoms in total. The number of hydrogen-bond donors (Lipinski definition) is 1. The zero-order valence-electron chi connectivity index (χ0n) is 12.8. The van der Waals surface area contributed by atoms with Gasteiger partial charge in [0.05, 0.1) is 12.1 Å². The number of halogens is 1. The molecule has 2 rings (SSSR count). The van der Waals surface area contributed by atoms with E-state index in [2.05, 4.69) is 31.8 Å². The summed E-state index contributed by atoms with van der Waals surface area (Å²) in [5.41, 5.74) is 7.55. The normalized spacial score (nSPS) is 11.3. The van der Waals surface area contributed by atoms with Crippen LogP contribution in [0.4, 0.5) is 5.69 Å². The number of amides is 1. The molecule has 1 atom stereocenters. The zero-order valence-corrected chi connectivity index (χ0v) is 15.2. The SMILES string of the molecule is [C-]#[N+]c1c(Br)nc(SC(C(N)=O)c2ccccc2)c(C#N)c1CC. The van der Waals surface area contributed by atoms with Crippen LogP contribution in [0, 0.1) is 17.9 Å². The van der Waals surface area contributed by atoms with Gasteiger partial charge >= 0.3 is 0 Å². The van der Waals surface area contributed by atoms with Crippen LogP contribution < -0.4 is 5.73 Å². The van der Waals surface area contributed by atoms with E-state index < -0.39 is 11.2 Å². The molecule has 0 aliphatic heterocycles. The fourth-order valence-corrected chi connectivity index (χ4v) is 3.94. The summed E-state index contributed by atoms with van der Waals surface area (Å²) in [5, 5.41) is 9.25. The number of pyridine rings is 1. The van der Waals surface area contributed by atoms with E-state index in [9.17, 15) is 10.1 Å². The predicted octanol–water partition coefficient (Wildman–Crippen LogP) is 4.15. The fraction of sp³-hybridized carbons (Fsp3) is 0.176. The van der Waals surface area contributed by atoms with Crippen molar-refractivity contribution in [2.45, 2.75) is 23.6 Å². The first-order valence-electron chi connectivity index (χ1n) is 7.04. The van der Waals surface area contributed by atoms with Crippen LogP contribution in [0.15, 0.2) is 40.0 Å². The Bertz CT molecular complexity index is 856. The number of aromatic nitrogens is 1. The number of hydrogen-bond acceptors (Lipinski definition) is 4. The van der Waals surface area contributed by atoms with Crippen LogP contribution in [0.1, 0.15) is 28.9 Å². The lowest BCUT2D eigenvalue weighted by Crippen LogP contribution is -2.19. The lowest BCUT2D eigenvalue weighted by molar-refractivity contribution is -0.117. The highest BCUT2D eigenvalue weighted by Crippen LogP contribution is 2.41. The zero-order chi connectivity index (χ0) is 17.7. The third kappa shape index (κ3) is 3.59. The van der Waals surface area contributed by atoms with Crippen molar-refractivity contribution >= 4 is 39.3 Å². The molecule has 0 aliphatic carbocycles. The number of nitrogens with zero attached hydrogens (tertiary/aromatic N) is 3. The highest BCUT2D eigenvalue weighted by molar-refractivity contribution is 9.10. The third-order valence-electron chi connectivity index (χ3n) is 3.36. The molecule has 0 saturated carbocycles. The molecule has 1 amide bonds. The highest BCUT2D eigenvalue weighted by atomic mass is 79.9. The van der Waals surface area contributed by atoms with E-state index in [1.807, 2.05) is 25.1 Å². The van der Waals surface area contributed by atoms with Crippen molar-refractivity contribution < 1.29 is 4.79 Å². The largest absolute Gasteiger partial charge is 0.368 e. The standard InChI is InChI=1S/C17H13BrN4OS/c1-3-11-12(9-19)17(22-15(18)13(11)21-2)24-14(16(20)23)10-7-5-4-6-8-10/h4-8,14H,3H2,1H3,(H2,20,23). The second kappa shape index (κ2) is 7.96. The second-order valence-corrected chi connectivity index (χ2v) is 6.64. The first kappa shape index (κ1) is 18.0. The monoisotopic (exact) mass is 400 g/mol. The molecular formula is C17H13BrN4OS. The number of primary amides is 1. The summed E-state index contributed by atoms with van der Waals surface area (Å²) in [6.45, 7) is 9.15. The van der Waals surface area contributed by atoms with Crippen LogP contribution in [0.5, 0.6) is 0 Å². The van der Waals surface area contributed by atoms with Gasteiger partial charge in [0.25, 0.3) is 0 Å². The fourth-order valence-electron chi connectivity index (χ4n) is 2.26. The van der Waals surface area contributed by atoms with E-state index in [0.717, 1.165) is 17.3 Å². The van der Waals surface area contributed by atoms with Gasteiger partial charge in [0.2, 0.25) is 11.6 Å². The molecule has 2 aromatic rings. The van der Waals surface area contributed by atoms with Crippen molar-refractivity contribution in [1.29, 1.82) is 5.26 Å². The third-order valence-corrected chi connectivity index (χ3v) is 5.18. The van der Waals surface area contributed by atoms with Crippen molar-refractivity contribution in [3.8, 4) is 6.07 Å². The maximum atomic E-state index is 11.9. The summed E-state index contributed by atoms with van der Waals surface area (Å²) >= 11 is 4.40. The maximum absolute atomic E-state index is 11.9. The molecule has 0 aliphatic rings. The lowest BCUT2D eigenvalue weighted by atomic mass is 10.1. The van der Waals surface area contributed by atoms with Gasteiger partial charge < -0.3 is 5.73 Å². The lowest BCUT2D eigenvalue weighted by Gasteiger charge is -2.16. The van der Waals surface area contributed by atoms with Gasteiger partial charge in [-0.05, 0) is 33.5 Å². The Morgan fingerprint density at radius 2 is 2.17 bits per heavy atom. The van der Waals surface area contributed by atoms with Gasteiger partial charge in [0, 0.05) is 0 Å². The summed E-state index contributed by atoms with van der Waals surface area (Å²) in [7, 11) is 0. The summed E-state index contributed by atoms with van der Waals surface area (Å²) < 4.78 is 0.368. The van der Waals surface area contributed by atoms with E-state index in [1.54, 1.807) is 12.1 Å². The summed E-state index contributed by atoms with van der Waals surface area (Å²) in [5.74, 6) is -0.514. The maximum Gasteiger partial charge on any atom is 0.235 e. The first-order valence-corrected chi connectivity index (χ1v) is 8.71. The predicted molar refractivity (Wildman–Crippen MR) is 96.5 cm³/mol. The van der Waals surface area contributed by atoms with E-state index >= 15 is 0 Å². The minimum Gasteiger partial charge on any atom is -0.368 e. The Morgan fingerprint density at radius 3 is 2.67 bits per heavy atom. The summed E-state index contributed by atoms with van der Waals surface area (Å²) in [6, 6.07) is 11.2. The van der Waals surface area contributed by atoms with Crippen molar-refractivity contribution in [2.24, 2.45) is 5.73 Å². The van der Waals surface area contributed by atoms with Gasteiger partial charge in [0.15, 0.2) is 0 Å². The topological polar surface area (TPSA) is 84.1 Å². The molecule has 24 heavy (non-hydrogen) atoms.